The monoisotopic (exact) mass is 374 g/mol. The van der Waals surface area contributed by atoms with E-state index in [0.717, 1.165) is 6.42 Å². The van der Waals surface area contributed by atoms with E-state index in [2.05, 4.69) is 4.72 Å². The normalized spacial score (nSPS) is 18.6. The minimum atomic E-state index is -3.67. The van der Waals surface area contributed by atoms with E-state index < -0.39 is 25.6 Å². The van der Waals surface area contributed by atoms with Crippen LogP contribution in [0, 0.1) is 13.8 Å². The van der Waals surface area contributed by atoms with Gasteiger partial charge in [0.15, 0.2) is 0 Å². The minimum Gasteiger partial charge on any atom is -0.270 e. The van der Waals surface area contributed by atoms with E-state index in [0.29, 0.717) is 29.8 Å². The van der Waals surface area contributed by atoms with Gasteiger partial charge in [-0.2, -0.15) is 0 Å². The van der Waals surface area contributed by atoms with E-state index in [4.69, 9.17) is 0 Å². The van der Waals surface area contributed by atoms with Crippen LogP contribution in [0.4, 0.5) is 5.69 Å². The highest BCUT2D eigenvalue weighted by Gasteiger charge is 2.29. The second-order valence-corrected chi connectivity index (χ2v) is 11.0. The average molecular weight is 375 g/mol. The van der Waals surface area contributed by atoms with Crippen molar-refractivity contribution in [3.63, 3.8) is 0 Å². The van der Waals surface area contributed by atoms with E-state index in [-0.39, 0.29) is 10.6 Å². The Labute approximate surface area is 145 Å². The van der Waals surface area contributed by atoms with Gasteiger partial charge in [0.05, 0.1) is 16.3 Å². The molecule has 0 bridgehead atoms. The zero-order chi connectivity index (χ0) is 18.3. The van der Waals surface area contributed by atoms with Crippen molar-refractivity contribution in [3.05, 3.63) is 23.3 Å². The van der Waals surface area contributed by atoms with Gasteiger partial charge in [-0.15, -0.1) is 0 Å². The topological polar surface area (TPSA) is 83.6 Å². The van der Waals surface area contributed by atoms with E-state index in [1.165, 1.54) is 4.31 Å². The molecule has 1 aliphatic heterocycles. The van der Waals surface area contributed by atoms with E-state index in [9.17, 15) is 16.8 Å². The molecule has 136 valence electrons. The lowest BCUT2D eigenvalue weighted by Crippen LogP contribution is -2.41. The summed E-state index contributed by atoms with van der Waals surface area (Å²) >= 11 is 0. The number of anilines is 1. The first-order valence-corrected chi connectivity index (χ1v) is 11.1. The Morgan fingerprint density at radius 1 is 1.08 bits per heavy atom. The van der Waals surface area contributed by atoms with Crippen LogP contribution in [-0.4, -0.2) is 34.7 Å². The van der Waals surface area contributed by atoms with Crippen molar-refractivity contribution in [3.8, 4) is 0 Å². The lowest BCUT2D eigenvalue weighted by Gasteiger charge is -2.30. The molecule has 0 unspecified atom stereocenters. The largest absolute Gasteiger partial charge is 0.270 e. The van der Waals surface area contributed by atoms with E-state index >= 15 is 0 Å². The van der Waals surface area contributed by atoms with Crippen LogP contribution in [0.15, 0.2) is 17.0 Å². The summed E-state index contributed by atoms with van der Waals surface area (Å²) in [7, 11) is -6.99. The second kappa shape index (κ2) is 6.31. The maximum Gasteiger partial charge on any atom is 0.241 e. The predicted octanol–water partition coefficient (Wildman–Crippen LogP) is 2.31. The lowest BCUT2D eigenvalue weighted by molar-refractivity contribution is 0.491. The molecule has 0 radical (unpaired) electrons. The first kappa shape index (κ1) is 19.2. The fourth-order valence-electron chi connectivity index (χ4n) is 2.85. The first-order chi connectivity index (χ1) is 10.8. The summed E-state index contributed by atoms with van der Waals surface area (Å²) < 4.78 is 53.9. The van der Waals surface area contributed by atoms with Gasteiger partial charge in [-0.05, 0) is 70.7 Å². The van der Waals surface area contributed by atoms with E-state index in [1.54, 1.807) is 46.8 Å². The summed E-state index contributed by atoms with van der Waals surface area (Å²) in [6.07, 6.45) is 1.47. The highest BCUT2D eigenvalue weighted by atomic mass is 32.2. The Morgan fingerprint density at radius 3 is 2.25 bits per heavy atom. The third kappa shape index (κ3) is 4.10. The van der Waals surface area contributed by atoms with Crippen LogP contribution in [0.1, 0.15) is 44.7 Å². The molecule has 0 aromatic heterocycles. The van der Waals surface area contributed by atoms with Crippen molar-refractivity contribution in [1.29, 1.82) is 0 Å². The van der Waals surface area contributed by atoms with Crippen LogP contribution in [0.5, 0.6) is 0 Å². The SMILES string of the molecule is Cc1cc(S(=O)(=O)NC(C)(C)C)c(C)cc1N1CCCCS1(=O)=O. The van der Waals surface area contributed by atoms with Crippen LogP contribution in [0.25, 0.3) is 0 Å². The number of nitrogens with one attached hydrogen (secondary N) is 1. The van der Waals surface area contributed by atoms with Gasteiger partial charge in [0, 0.05) is 12.1 Å². The Balaban J connectivity index is 2.50. The summed E-state index contributed by atoms with van der Waals surface area (Å²) in [5, 5.41) is 0. The van der Waals surface area contributed by atoms with Crippen molar-refractivity contribution in [1.82, 2.24) is 4.72 Å². The molecule has 0 atom stereocenters. The first-order valence-electron chi connectivity index (χ1n) is 7.99. The van der Waals surface area contributed by atoms with Gasteiger partial charge in [0.2, 0.25) is 20.0 Å². The molecular formula is C16H26N2O4S2. The average Bonchev–Trinajstić information content (AvgIpc) is 2.38. The molecule has 0 saturated carbocycles. The molecule has 1 heterocycles. The summed E-state index contributed by atoms with van der Waals surface area (Å²) in [5.74, 6) is 0.136. The number of hydrogen-bond donors (Lipinski definition) is 1. The Kier molecular flexibility index (Phi) is 5.05. The zero-order valence-electron chi connectivity index (χ0n) is 14.9. The van der Waals surface area contributed by atoms with Crippen molar-refractivity contribution in [2.24, 2.45) is 0 Å². The predicted molar refractivity (Wildman–Crippen MR) is 96.4 cm³/mol. The van der Waals surface area contributed by atoms with Gasteiger partial charge in [-0.25, -0.2) is 21.6 Å². The number of hydrogen-bond acceptors (Lipinski definition) is 4. The quantitative estimate of drug-likeness (QED) is 0.880. The fourth-order valence-corrected chi connectivity index (χ4v) is 6.27. The highest BCUT2D eigenvalue weighted by molar-refractivity contribution is 7.92. The molecule has 1 aromatic carbocycles. The lowest BCUT2D eigenvalue weighted by atomic mass is 10.1. The third-order valence-electron chi connectivity index (χ3n) is 3.84. The molecule has 24 heavy (non-hydrogen) atoms. The van der Waals surface area contributed by atoms with Gasteiger partial charge < -0.3 is 0 Å². The molecule has 1 fully saturated rings. The van der Waals surface area contributed by atoms with Crippen molar-refractivity contribution >= 4 is 25.7 Å². The van der Waals surface area contributed by atoms with Crippen LogP contribution < -0.4 is 9.03 Å². The number of nitrogens with zero attached hydrogens (tertiary/aromatic N) is 1. The molecule has 0 aliphatic carbocycles. The molecule has 2 rings (SSSR count). The highest BCUT2D eigenvalue weighted by Crippen LogP contribution is 2.31. The maximum atomic E-state index is 12.6. The zero-order valence-corrected chi connectivity index (χ0v) is 16.5. The van der Waals surface area contributed by atoms with Gasteiger partial charge in [0.1, 0.15) is 0 Å². The molecule has 8 heteroatoms. The van der Waals surface area contributed by atoms with Crippen LogP contribution >= 0.6 is 0 Å². The fraction of sp³-hybridized carbons (Fsp3) is 0.625. The van der Waals surface area contributed by atoms with Crippen LogP contribution in [-0.2, 0) is 20.0 Å². The maximum absolute atomic E-state index is 12.6. The van der Waals surface area contributed by atoms with Gasteiger partial charge in [0.25, 0.3) is 0 Å². The number of benzene rings is 1. The summed E-state index contributed by atoms with van der Waals surface area (Å²) in [5.41, 5.74) is 1.16. The standard InChI is InChI=1S/C16H26N2O4S2/c1-12-11-15(24(21,22)17-16(3,4)5)13(2)10-14(12)18-8-6-7-9-23(18,19)20/h10-11,17H,6-9H2,1-5H3. The third-order valence-corrected chi connectivity index (χ3v) is 7.60. The molecule has 1 aliphatic rings. The minimum absolute atomic E-state index is 0.136. The number of rotatable bonds is 3. The van der Waals surface area contributed by atoms with Gasteiger partial charge >= 0.3 is 0 Å². The molecular weight excluding hydrogens is 348 g/mol. The Bertz CT molecular complexity index is 838. The van der Waals surface area contributed by atoms with Gasteiger partial charge in [-0.1, -0.05) is 0 Å². The Hall–Kier alpha value is -1.12. The molecule has 1 N–H and O–H groups in total. The van der Waals surface area contributed by atoms with Crippen LogP contribution in [0.2, 0.25) is 0 Å². The van der Waals surface area contributed by atoms with Crippen molar-refractivity contribution in [2.45, 2.75) is 57.9 Å². The summed E-state index contributed by atoms with van der Waals surface area (Å²) in [6, 6.07) is 3.22. The molecule has 1 saturated heterocycles. The number of sulfonamides is 2. The summed E-state index contributed by atoms with van der Waals surface area (Å²) in [6.45, 7) is 9.21. The number of aryl methyl sites for hydroxylation is 2. The molecule has 6 nitrogen and oxygen atoms in total. The van der Waals surface area contributed by atoms with Crippen molar-refractivity contribution in [2.75, 3.05) is 16.6 Å². The van der Waals surface area contributed by atoms with Crippen LogP contribution in [0.3, 0.4) is 0 Å². The second-order valence-electron chi connectivity index (χ2n) is 7.35. The Morgan fingerprint density at radius 2 is 1.71 bits per heavy atom. The van der Waals surface area contributed by atoms with E-state index in [1.807, 2.05) is 0 Å². The molecule has 0 spiro atoms. The van der Waals surface area contributed by atoms with Gasteiger partial charge in [-0.3, -0.25) is 4.31 Å². The molecule has 1 aromatic rings. The molecule has 0 amide bonds. The summed E-state index contributed by atoms with van der Waals surface area (Å²) in [4.78, 5) is 0.188. The van der Waals surface area contributed by atoms with Crippen molar-refractivity contribution < 1.29 is 16.8 Å². The smallest absolute Gasteiger partial charge is 0.241 e.